The highest BCUT2D eigenvalue weighted by Crippen LogP contribution is 2.25. The average Bonchev–Trinajstić information content (AvgIpc) is 3.39. The molecule has 0 aliphatic heterocycles. The number of anilines is 1. The summed E-state index contributed by atoms with van der Waals surface area (Å²) in [7, 11) is 0. The van der Waals surface area contributed by atoms with Gasteiger partial charge in [0.15, 0.2) is 11.6 Å². The number of para-hydroxylation sites is 1. The molecular weight excluding hydrogens is 362 g/mol. The third-order valence-electron chi connectivity index (χ3n) is 3.74. The maximum absolute atomic E-state index is 12.1. The van der Waals surface area contributed by atoms with Crippen LogP contribution in [0.5, 0.6) is 0 Å². The standard InChI is InChI=1S/C19H15N5O2S/c25-19(17-10-5-11-26-17)20-14-6-4-9-16(12-14)27-13-18-21-22-23-24(18)15-7-2-1-3-8-15/h1-12H,13H2,(H,20,25). The Bertz CT molecular complexity index is 1030. The van der Waals surface area contributed by atoms with Gasteiger partial charge in [-0.1, -0.05) is 24.3 Å². The van der Waals surface area contributed by atoms with Crippen LogP contribution in [-0.4, -0.2) is 26.1 Å². The zero-order valence-corrected chi connectivity index (χ0v) is 15.0. The minimum Gasteiger partial charge on any atom is -0.459 e. The SMILES string of the molecule is O=C(Nc1cccc(SCc2nnnn2-c2ccccc2)c1)c1ccco1. The number of carbonyl (C=O) groups excluding carboxylic acids is 1. The Morgan fingerprint density at radius 2 is 1.96 bits per heavy atom. The van der Waals surface area contributed by atoms with Crippen molar-refractivity contribution in [2.45, 2.75) is 10.6 Å². The molecule has 0 spiro atoms. The Morgan fingerprint density at radius 1 is 1.07 bits per heavy atom. The number of aromatic nitrogens is 4. The van der Waals surface area contributed by atoms with E-state index in [2.05, 4.69) is 20.8 Å². The Balaban J connectivity index is 1.44. The molecular formula is C19H15N5O2S. The van der Waals surface area contributed by atoms with Crippen LogP contribution in [0.1, 0.15) is 16.4 Å². The number of benzene rings is 2. The summed E-state index contributed by atoms with van der Waals surface area (Å²) in [4.78, 5) is 13.1. The van der Waals surface area contributed by atoms with E-state index in [1.54, 1.807) is 28.6 Å². The second kappa shape index (κ2) is 7.88. The van der Waals surface area contributed by atoms with Crippen LogP contribution in [0, 0.1) is 0 Å². The summed E-state index contributed by atoms with van der Waals surface area (Å²) >= 11 is 1.59. The Hall–Kier alpha value is -3.39. The molecule has 2 aromatic heterocycles. The third-order valence-corrected chi connectivity index (χ3v) is 4.73. The quantitative estimate of drug-likeness (QED) is 0.515. The summed E-state index contributed by atoms with van der Waals surface area (Å²) in [5, 5.41) is 14.8. The molecule has 1 N–H and O–H groups in total. The number of thioether (sulfide) groups is 1. The van der Waals surface area contributed by atoms with Gasteiger partial charge in [0.25, 0.3) is 5.91 Å². The second-order valence-electron chi connectivity index (χ2n) is 5.59. The van der Waals surface area contributed by atoms with E-state index in [1.807, 2.05) is 54.6 Å². The predicted octanol–water partition coefficient (Wildman–Crippen LogP) is 3.80. The van der Waals surface area contributed by atoms with Crippen molar-refractivity contribution in [3.05, 3.63) is 84.6 Å². The van der Waals surface area contributed by atoms with Crippen molar-refractivity contribution in [2.24, 2.45) is 0 Å². The summed E-state index contributed by atoms with van der Waals surface area (Å²) in [6, 6.07) is 20.6. The molecule has 0 atom stereocenters. The maximum atomic E-state index is 12.1. The first-order chi connectivity index (χ1) is 13.3. The van der Waals surface area contributed by atoms with Crippen LogP contribution >= 0.6 is 11.8 Å². The summed E-state index contributed by atoms with van der Waals surface area (Å²) in [6.07, 6.45) is 1.47. The Morgan fingerprint density at radius 3 is 2.78 bits per heavy atom. The number of tetrazole rings is 1. The van der Waals surface area contributed by atoms with E-state index in [-0.39, 0.29) is 11.7 Å². The molecule has 7 nitrogen and oxygen atoms in total. The van der Waals surface area contributed by atoms with E-state index in [0.717, 1.165) is 16.4 Å². The smallest absolute Gasteiger partial charge is 0.291 e. The normalized spacial score (nSPS) is 10.7. The van der Waals surface area contributed by atoms with Gasteiger partial charge in [0.05, 0.1) is 17.7 Å². The van der Waals surface area contributed by atoms with Crippen molar-refractivity contribution >= 4 is 23.4 Å². The monoisotopic (exact) mass is 377 g/mol. The first-order valence-electron chi connectivity index (χ1n) is 8.20. The molecule has 8 heteroatoms. The van der Waals surface area contributed by atoms with E-state index in [4.69, 9.17) is 4.42 Å². The number of nitrogens with zero attached hydrogens (tertiary/aromatic N) is 4. The van der Waals surface area contributed by atoms with Crippen LogP contribution in [0.4, 0.5) is 5.69 Å². The Labute approximate surface area is 159 Å². The van der Waals surface area contributed by atoms with E-state index in [9.17, 15) is 4.79 Å². The highest BCUT2D eigenvalue weighted by molar-refractivity contribution is 7.98. The number of hydrogen-bond donors (Lipinski definition) is 1. The van der Waals surface area contributed by atoms with Crippen molar-refractivity contribution in [1.29, 1.82) is 0 Å². The molecule has 0 aliphatic rings. The molecule has 4 aromatic rings. The van der Waals surface area contributed by atoms with E-state index in [0.29, 0.717) is 11.4 Å². The fraction of sp³-hybridized carbons (Fsp3) is 0.0526. The van der Waals surface area contributed by atoms with Crippen molar-refractivity contribution in [2.75, 3.05) is 5.32 Å². The van der Waals surface area contributed by atoms with Crippen molar-refractivity contribution in [3.63, 3.8) is 0 Å². The molecule has 1 amide bonds. The lowest BCUT2D eigenvalue weighted by molar-refractivity contribution is 0.0996. The van der Waals surface area contributed by atoms with Crippen molar-refractivity contribution in [1.82, 2.24) is 20.2 Å². The molecule has 0 radical (unpaired) electrons. The molecule has 134 valence electrons. The van der Waals surface area contributed by atoms with Gasteiger partial charge < -0.3 is 9.73 Å². The van der Waals surface area contributed by atoms with Gasteiger partial charge in [-0.3, -0.25) is 4.79 Å². The van der Waals surface area contributed by atoms with Gasteiger partial charge in [-0.25, -0.2) is 0 Å². The number of carbonyl (C=O) groups is 1. The third kappa shape index (κ3) is 4.06. The van der Waals surface area contributed by atoms with Gasteiger partial charge in [0.2, 0.25) is 0 Å². The van der Waals surface area contributed by atoms with E-state index >= 15 is 0 Å². The van der Waals surface area contributed by atoms with Crippen LogP contribution in [0.15, 0.2) is 82.3 Å². The fourth-order valence-electron chi connectivity index (χ4n) is 2.48. The number of furan rings is 1. The zero-order valence-electron chi connectivity index (χ0n) is 14.1. The van der Waals surface area contributed by atoms with Gasteiger partial charge in [-0.2, -0.15) is 4.68 Å². The number of amides is 1. The lowest BCUT2D eigenvalue weighted by Crippen LogP contribution is -2.10. The van der Waals surface area contributed by atoms with Crippen LogP contribution < -0.4 is 5.32 Å². The van der Waals surface area contributed by atoms with Crippen molar-refractivity contribution in [3.8, 4) is 5.69 Å². The summed E-state index contributed by atoms with van der Waals surface area (Å²) in [6.45, 7) is 0. The molecule has 4 rings (SSSR count). The maximum Gasteiger partial charge on any atom is 0.291 e. The van der Waals surface area contributed by atoms with Crippen LogP contribution in [0.2, 0.25) is 0 Å². The minimum absolute atomic E-state index is 0.273. The number of rotatable bonds is 6. The van der Waals surface area contributed by atoms with Crippen LogP contribution in [0.25, 0.3) is 5.69 Å². The second-order valence-corrected chi connectivity index (χ2v) is 6.64. The molecule has 2 aromatic carbocycles. The van der Waals surface area contributed by atoms with Crippen molar-refractivity contribution < 1.29 is 9.21 Å². The first-order valence-corrected chi connectivity index (χ1v) is 9.18. The zero-order chi connectivity index (χ0) is 18.5. The number of nitrogens with one attached hydrogen (secondary N) is 1. The van der Waals surface area contributed by atoms with E-state index in [1.165, 1.54) is 6.26 Å². The highest BCUT2D eigenvalue weighted by Gasteiger charge is 2.11. The van der Waals surface area contributed by atoms with Crippen LogP contribution in [-0.2, 0) is 5.75 Å². The topological polar surface area (TPSA) is 85.8 Å². The van der Waals surface area contributed by atoms with Gasteiger partial charge in [-0.05, 0) is 52.9 Å². The minimum atomic E-state index is -0.282. The molecule has 27 heavy (non-hydrogen) atoms. The van der Waals surface area contributed by atoms with Gasteiger partial charge in [-0.15, -0.1) is 16.9 Å². The molecule has 0 saturated carbocycles. The molecule has 0 aliphatic carbocycles. The Kier molecular flexibility index (Phi) is 4.97. The lowest BCUT2D eigenvalue weighted by Gasteiger charge is -2.07. The van der Waals surface area contributed by atoms with Gasteiger partial charge >= 0.3 is 0 Å². The molecule has 0 bridgehead atoms. The lowest BCUT2D eigenvalue weighted by atomic mass is 10.3. The summed E-state index contributed by atoms with van der Waals surface area (Å²) in [5.74, 6) is 1.33. The molecule has 0 saturated heterocycles. The van der Waals surface area contributed by atoms with Gasteiger partial charge in [0, 0.05) is 10.6 Å². The molecule has 0 unspecified atom stereocenters. The largest absolute Gasteiger partial charge is 0.459 e. The molecule has 0 fully saturated rings. The fourth-order valence-corrected chi connectivity index (χ4v) is 3.34. The van der Waals surface area contributed by atoms with Crippen LogP contribution in [0.3, 0.4) is 0 Å². The molecule has 2 heterocycles. The summed E-state index contributed by atoms with van der Waals surface area (Å²) < 4.78 is 6.83. The first kappa shape index (κ1) is 17.0. The summed E-state index contributed by atoms with van der Waals surface area (Å²) in [5.41, 5.74) is 1.61. The number of hydrogen-bond acceptors (Lipinski definition) is 6. The highest BCUT2D eigenvalue weighted by atomic mass is 32.2. The predicted molar refractivity (Wildman–Crippen MR) is 102 cm³/mol. The average molecular weight is 377 g/mol. The van der Waals surface area contributed by atoms with E-state index < -0.39 is 0 Å². The van der Waals surface area contributed by atoms with Gasteiger partial charge in [0.1, 0.15) is 0 Å².